The van der Waals surface area contributed by atoms with Crippen LogP contribution in [0.3, 0.4) is 0 Å². The summed E-state index contributed by atoms with van der Waals surface area (Å²) in [6, 6.07) is 1.47. The van der Waals surface area contributed by atoms with E-state index in [0.717, 1.165) is 39.9 Å². The van der Waals surface area contributed by atoms with Crippen LogP contribution in [0.1, 0.15) is 30.5 Å². The number of fused-ring (bicyclic) bond motifs is 1. The Morgan fingerprint density at radius 1 is 1.44 bits per heavy atom. The predicted molar refractivity (Wildman–Crippen MR) is 73.1 cm³/mol. The number of hydrogen-bond acceptors (Lipinski definition) is 4. The molecule has 1 aromatic rings. The van der Waals surface area contributed by atoms with E-state index < -0.39 is 6.04 Å². The summed E-state index contributed by atoms with van der Waals surface area (Å²) in [6.07, 6.45) is 1.66. The van der Waals surface area contributed by atoms with Crippen molar-refractivity contribution in [3.8, 4) is 11.5 Å². The molecule has 1 atom stereocenters. The second kappa shape index (κ2) is 5.91. The summed E-state index contributed by atoms with van der Waals surface area (Å²) < 4.78 is 12.3. The molecule has 1 heterocycles. The molecule has 0 fully saturated rings. The van der Waals surface area contributed by atoms with Crippen molar-refractivity contribution in [1.29, 1.82) is 0 Å². The molecular formula is C13H18BrNO3. The van der Waals surface area contributed by atoms with Gasteiger partial charge in [-0.25, -0.2) is 0 Å². The van der Waals surface area contributed by atoms with Crippen LogP contribution in [0.5, 0.6) is 11.5 Å². The van der Waals surface area contributed by atoms with E-state index in [-0.39, 0.29) is 6.61 Å². The van der Waals surface area contributed by atoms with E-state index in [1.54, 1.807) is 0 Å². The first-order valence-electron chi connectivity index (χ1n) is 6.16. The lowest BCUT2D eigenvalue weighted by Gasteiger charge is -2.20. The summed E-state index contributed by atoms with van der Waals surface area (Å²) >= 11 is 3.51. The Labute approximate surface area is 115 Å². The van der Waals surface area contributed by atoms with Crippen LogP contribution in [0.4, 0.5) is 0 Å². The minimum Gasteiger partial charge on any atom is -0.490 e. The Kier molecular flexibility index (Phi) is 4.48. The summed E-state index contributed by atoms with van der Waals surface area (Å²) in [5.74, 6) is 1.53. The number of nitrogens with two attached hydrogens (primary N) is 1. The number of rotatable bonds is 3. The molecule has 1 aliphatic heterocycles. The molecular weight excluding hydrogens is 298 g/mol. The van der Waals surface area contributed by atoms with Gasteiger partial charge in [-0.1, -0.05) is 22.9 Å². The van der Waals surface area contributed by atoms with Gasteiger partial charge in [-0.05, 0) is 18.1 Å². The minimum absolute atomic E-state index is 0.0920. The average molecular weight is 316 g/mol. The molecule has 2 rings (SSSR count). The molecule has 4 nitrogen and oxygen atoms in total. The molecule has 18 heavy (non-hydrogen) atoms. The van der Waals surface area contributed by atoms with E-state index in [0.29, 0.717) is 13.2 Å². The maximum atomic E-state index is 9.27. The Bertz CT molecular complexity index is 437. The van der Waals surface area contributed by atoms with Crippen molar-refractivity contribution in [1.82, 2.24) is 0 Å². The molecule has 1 unspecified atom stereocenters. The number of aliphatic hydroxyl groups excluding tert-OH is 1. The molecule has 0 saturated carbocycles. The van der Waals surface area contributed by atoms with Gasteiger partial charge in [-0.2, -0.15) is 0 Å². The largest absolute Gasteiger partial charge is 0.490 e. The highest BCUT2D eigenvalue weighted by Gasteiger charge is 2.23. The van der Waals surface area contributed by atoms with Crippen LogP contribution in [0.15, 0.2) is 10.5 Å². The fourth-order valence-electron chi connectivity index (χ4n) is 2.20. The first-order valence-corrected chi connectivity index (χ1v) is 6.95. The zero-order valence-electron chi connectivity index (χ0n) is 10.4. The average Bonchev–Trinajstić information content (AvgIpc) is 2.61. The molecule has 0 saturated heterocycles. The van der Waals surface area contributed by atoms with E-state index in [4.69, 9.17) is 15.2 Å². The van der Waals surface area contributed by atoms with Gasteiger partial charge in [0.25, 0.3) is 0 Å². The highest BCUT2D eigenvalue weighted by molar-refractivity contribution is 9.10. The molecule has 0 bridgehead atoms. The lowest BCUT2D eigenvalue weighted by molar-refractivity contribution is 0.266. The second-order valence-corrected chi connectivity index (χ2v) is 5.13. The zero-order chi connectivity index (χ0) is 13.1. The molecule has 1 aliphatic rings. The third kappa shape index (κ3) is 2.48. The fraction of sp³-hybridized carbons (Fsp3) is 0.538. The zero-order valence-corrected chi connectivity index (χ0v) is 12.0. The molecule has 1 aromatic carbocycles. The smallest absolute Gasteiger partial charge is 0.164 e. The Morgan fingerprint density at radius 2 is 2.17 bits per heavy atom. The quantitative estimate of drug-likeness (QED) is 0.897. The number of aliphatic hydroxyl groups is 1. The van der Waals surface area contributed by atoms with Crippen LogP contribution in [-0.2, 0) is 6.42 Å². The van der Waals surface area contributed by atoms with Gasteiger partial charge < -0.3 is 20.3 Å². The molecule has 100 valence electrons. The van der Waals surface area contributed by atoms with Crippen LogP contribution in [0.2, 0.25) is 0 Å². The molecule has 0 spiro atoms. The van der Waals surface area contributed by atoms with E-state index in [1.165, 1.54) is 0 Å². The Balaban J connectivity index is 2.57. The summed E-state index contributed by atoms with van der Waals surface area (Å²) in [5.41, 5.74) is 7.89. The molecule has 3 N–H and O–H groups in total. The van der Waals surface area contributed by atoms with E-state index in [1.807, 2.05) is 13.0 Å². The van der Waals surface area contributed by atoms with Crippen molar-refractivity contribution < 1.29 is 14.6 Å². The van der Waals surface area contributed by atoms with E-state index in [2.05, 4.69) is 15.9 Å². The summed E-state index contributed by atoms with van der Waals surface area (Å²) in [7, 11) is 0. The van der Waals surface area contributed by atoms with E-state index >= 15 is 0 Å². The maximum Gasteiger partial charge on any atom is 0.164 e. The van der Waals surface area contributed by atoms with Gasteiger partial charge in [-0.3, -0.25) is 0 Å². The fourth-order valence-corrected chi connectivity index (χ4v) is 2.94. The molecule has 0 aromatic heterocycles. The third-order valence-corrected chi connectivity index (χ3v) is 3.71. The minimum atomic E-state index is -0.411. The van der Waals surface area contributed by atoms with Gasteiger partial charge in [0, 0.05) is 16.5 Å². The van der Waals surface area contributed by atoms with Gasteiger partial charge in [0.05, 0.1) is 25.9 Å². The third-order valence-electron chi connectivity index (χ3n) is 3.05. The highest BCUT2D eigenvalue weighted by Crippen LogP contribution is 2.41. The maximum absolute atomic E-state index is 9.27. The SMILES string of the molecule is CCc1c2c(cc(Br)c1C(N)CO)OCCCO2. The van der Waals surface area contributed by atoms with Crippen molar-refractivity contribution >= 4 is 15.9 Å². The lowest BCUT2D eigenvalue weighted by Crippen LogP contribution is -2.18. The molecule has 0 amide bonds. The van der Waals surface area contributed by atoms with Gasteiger partial charge in [0.1, 0.15) is 0 Å². The van der Waals surface area contributed by atoms with Crippen molar-refractivity contribution in [2.24, 2.45) is 5.73 Å². The van der Waals surface area contributed by atoms with Gasteiger partial charge in [0.2, 0.25) is 0 Å². The second-order valence-electron chi connectivity index (χ2n) is 4.27. The van der Waals surface area contributed by atoms with Gasteiger partial charge in [-0.15, -0.1) is 0 Å². The number of hydrogen-bond donors (Lipinski definition) is 2. The topological polar surface area (TPSA) is 64.7 Å². The standard InChI is InChI=1S/C13H18BrNO3/c1-2-8-12(10(15)7-16)9(14)6-11-13(8)18-5-3-4-17-11/h6,10,16H,2-5,7,15H2,1H3. The van der Waals surface area contributed by atoms with Gasteiger partial charge >= 0.3 is 0 Å². The number of ether oxygens (including phenoxy) is 2. The molecule has 0 aliphatic carbocycles. The Morgan fingerprint density at radius 3 is 2.83 bits per heavy atom. The van der Waals surface area contributed by atoms with Crippen LogP contribution >= 0.6 is 15.9 Å². The highest BCUT2D eigenvalue weighted by atomic mass is 79.9. The predicted octanol–water partition coefficient (Wildman–Crippen LogP) is 2.16. The van der Waals surface area contributed by atoms with Crippen LogP contribution in [0, 0.1) is 0 Å². The van der Waals surface area contributed by atoms with E-state index in [9.17, 15) is 5.11 Å². The van der Waals surface area contributed by atoms with Crippen molar-refractivity contribution in [2.45, 2.75) is 25.8 Å². The number of benzene rings is 1. The summed E-state index contributed by atoms with van der Waals surface area (Å²) in [6.45, 7) is 3.26. The first kappa shape index (κ1) is 13.6. The van der Waals surface area contributed by atoms with Crippen molar-refractivity contribution in [2.75, 3.05) is 19.8 Å². The molecule has 0 radical (unpaired) electrons. The number of halogens is 1. The van der Waals surface area contributed by atoms with Crippen LogP contribution < -0.4 is 15.2 Å². The first-order chi connectivity index (χ1) is 8.69. The van der Waals surface area contributed by atoms with Crippen molar-refractivity contribution in [3.05, 3.63) is 21.7 Å². The monoisotopic (exact) mass is 315 g/mol. The Hall–Kier alpha value is -0.780. The van der Waals surface area contributed by atoms with Gasteiger partial charge in [0.15, 0.2) is 11.5 Å². The van der Waals surface area contributed by atoms with Crippen LogP contribution in [-0.4, -0.2) is 24.9 Å². The summed E-state index contributed by atoms with van der Waals surface area (Å²) in [5, 5.41) is 9.27. The van der Waals surface area contributed by atoms with Crippen LogP contribution in [0.25, 0.3) is 0 Å². The normalized spacial score (nSPS) is 16.2. The summed E-state index contributed by atoms with van der Waals surface area (Å²) in [4.78, 5) is 0. The molecule has 5 heteroatoms. The lowest BCUT2D eigenvalue weighted by atomic mass is 9.98. The van der Waals surface area contributed by atoms with Crippen molar-refractivity contribution in [3.63, 3.8) is 0 Å².